The Labute approximate surface area is 125 Å². The average Bonchev–Trinajstić information content (AvgIpc) is 2.76. The first kappa shape index (κ1) is 15.4. The molecule has 5 heteroatoms. The van der Waals surface area contributed by atoms with E-state index in [9.17, 15) is 9.59 Å². The van der Waals surface area contributed by atoms with Crippen LogP contribution in [0.5, 0.6) is 0 Å². The molecule has 114 valence electrons. The number of amides is 2. The molecule has 0 spiro atoms. The average molecular weight is 290 g/mol. The zero-order chi connectivity index (χ0) is 15.5. The Morgan fingerprint density at radius 2 is 1.76 bits per heavy atom. The van der Waals surface area contributed by atoms with Gasteiger partial charge in [-0.15, -0.1) is 0 Å². The first-order valence-electron chi connectivity index (χ1n) is 7.16. The molecule has 5 nitrogen and oxygen atoms in total. The number of fused-ring (bicyclic) bond motifs is 1. The van der Waals surface area contributed by atoms with Crippen LogP contribution in [0, 0.1) is 0 Å². The Kier molecular flexibility index (Phi) is 4.50. The molecule has 0 aliphatic heterocycles. The van der Waals surface area contributed by atoms with E-state index in [0.29, 0.717) is 0 Å². The molecular formula is C16H22N2O3. The smallest absolute Gasteiger partial charge is 0.408 e. The molecule has 0 atom stereocenters. The minimum absolute atomic E-state index is 0.0677. The number of alkyl carbamates (subject to hydrolysis) is 1. The predicted molar refractivity (Wildman–Crippen MR) is 80.0 cm³/mol. The van der Waals surface area contributed by atoms with Crippen LogP contribution in [0.25, 0.3) is 0 Å². The molecule has 1 aliphatic carbocycles. The van der Waals surface area contributed by atoms with Crippen LogP contribution in [-0.2, 0) is 22.4 Å². The minimum Gasteiger partial charge on any atom is -0.444 e. The highest BCUT2D eigenvalue weighted by Gasteiger charge is 2.23. The number of hydrogen-bond donors (Lipinski definition) is 2. The molecule has 0 bridgehead atoms. The third-order valence-corrected chi connectivity index (χ3v) is 3.21. The molecule has 0 aromatic heterocycles. The topological polar surface area (TPSA) is 67.4 Å². The van der Waals surface area contributed by atoms with E-state index in [-0.39, 0.29) is 18.5 Å². The van der Waals surface area contributed by atoms with Crippen molar-refractivity contribution in [3.05, 3.63) is 35.4 Å². The lowest BCUT2D eigenvalue weighted by Gasteiger charge is -2.20. The van der Waals surface area contributed by atoms with Crippen molar-refractivity contribution in [1.29, 1.82) is 0 Å². The van der Waals surface area contributed by atoms with Gasteiger partial charge in [0.25, 0.3) is 0 Å². The van der Waals surface area contributed by atoms with Gasteiger partial charge in [-0.25, -0.2) is 4.79 Å². The lowest BCUT2D eigenvalue weighted by atomic mass is 10.1. The summed E-state index contributed by atoms with van der Waals surface area (Å²) in [6.45, 7) is 5.27. The Bertz CT molecular complexity index is 510. The largest absolute Gasteiger partial charge is 0.444 e. The quantitative estimate of drug-likeness (QED) is 0.892. The SMILES string of the molecule is CC(C)(C)OC(=O)NCC(=O)NC1Cc2ccccc2C1. The van der Waals surface area contributed by atoms with E-state index >= 15 is 0 Å². The van der Waals surface area contributed by atoms with Crippen LogP contribution >= 0.6 is 0 Å². The first-order chi connectivity index (χ1) is 9.83. The van der Waals surface area contributed by atoms with Crippen LogP contribution < -0.4 is 10.6 Å². The Morgan fingerprint density at radius 3 is 2.29 bits per heavy atom. The zero-order valence-corrected chi connectivity index (χ0v) is 12.7. The Balaban J connectivity index is 1.73. The van der Waals surface area contributed by atoms with Crippen LogP contribution in [0.2, 0.25) is 0 Å². The molecular weight excluding hydrogens is 268 g/mol. The molecule has 0 radical (unpaired) electrons. The van der Waals surface area contributed by atoms with Gasteiger partial charge < -0.3 is 15.4 Å². The van der Waals surface area contributed by atoms with Crippen molar-refractivity contribution >= 4 is 12.0 Å². The lowest BCUT2D eigenvalue weighted by Crippen LogP contribution is -2.43. The number of ether oxygens (including phenoxy) is 1. The van der Waals surface area contributed by atoms with Crippen molar-refractivity contribution in [2.75, 3.05) is 6.54 Å². The zero-order valence-electron chi connectivity index (χ0n) is 12.7. The summed E-state index contributed by atoms with van der Waals surface area (Å²) >= 11 is 0. The molecule has 2 amide bonds. The maximum absolute atomic E-state index is 11.8. The van der Waals surface area contributed by atoms with Gasteiger partial charge in [0, 0.05) is 6.04 Å². The molecule has 2 rings (SSSR count). The van der Waals surface area contributed by atoms with Crippen LogP contribution in [0.1, 0.15) is 31.9 Å². The highest BCUT2D eigenvalue weighted by molar-refractivity contribution is 5.82. The van der Waals surface area contributed by atoms with Crippen molar-refractivity contribution < 1.29 is 14.3 Å². The second kappa shape index (κ2) is 6.16. The second-order valence-electron chi connectivity index (χ2n) is 6.30. The lowest BCUT2D eigenvalue weighted by molar-refractivity contribution is -0.120. The molecule has 2 N–H and O–H groups in total. The first-order valence-corrected chi connectivity index (χ1v) is 7.16. The van der Waals surface area contributed by atoms with Gasteiger partial charge >= 0.3 is 6.09 Å². The van der Waals surface area contributed by atoms with Crippen molar-refractivity contribution in [2.45, 2.75) is 45.3 Å². The molecule has 0 saturated carbocycles. The normalized spacial score (nSPS) is 14.4. The fourth-order valence-electron chi connectivity index (χ4n) is 2.41. The van der Waals surface area contributed by atoms with Gasteiger partial charge in [-0.1, -0.05) is 24.3 Å². The maximum atomic E-state index is 11.8. The van der Waals surface area contributed by atoms with Crippen LogP contribution in [0.4, 0.5) is 4.79 Å². The molecule has 1 aromatic rings. The van der Waals surface area contributed by atoms with Crippen molar-refractivity contribution in [1.82, 2.24) is 10.6 Å². The summed E-state index contributed by atoms with van der Waals surface area (Å²) in [6, 6.07) is 8.29. The summed E-state index contributed by atoms with van der Waals surface area (Å²) < 4.78 is 5.08. The molecule has 0 unspecified atom stereocenters. The summed E-state index contributed by atoms with van der Waals surface area (Å²) in [5.41, 5.74) is 2.00. The number of nitrogens with one attached hydrogen (secondary N) is 2. The highest BCUT2D eigenvalue weighted by atomic mass is 16.6. The monoisotopic (exact) mass is 290 g/mol. The fraction of sp³-hybridized carbons (Fsp3) is 0.500. The molecule has 0 fully saturated rings. The number of carbonyl (C=O) groups excluding carboxylic acids is 2. The summed E-state index contributed by atoms with van der Waals surface area (Å²) in [5.74, 6) is -0.196. The summed E-state index contributed by atoms with van der Waals surface area (Å²) in [6.07, 6.45) is 1.11. The molecule has 0 saturated heterocycles. The van der Waals surface area contributed by atoms with E-state index in [0.717, 1.165) is 12.8 Å². The van der Waals surface area contributed by atoms with Crippen LogP contribution in [0.15, 0.2) is 24.3 Å². The van der Waals surface area contributed by atoms with Gasteiger partial charge in [0.2, 0.25) is 5.91 Å². The standard InChI is InChI=1S/C16H22N2O3/c1-16(2,3)21-15(20)17-10-14(19)18-13-8-11-6-4-5-7-12(11)9-13/h4-7,13H,8-10H2,1-3H3,(H,17,20)(H,18,19). The summed E-state index contributed by atoms with van der Waals surface area (Å²) in [7, 11) is 0. The number of hydrogen-bond acceptors (Lipinski definition) is 3. The van der Waals surface area contributed by atoms with E-state index in [1.807, 2.05) is 12.1 Å². The molecule has 21 heavy (non-hydrogen) atoms. The highest BCUT2D eigenvalue weighted by Crippen LogP contribution is 2.21. The number of carbonyl (C=O) groups is 2. The van der Waals surface area contributed by atoms with Gasteiger partial charge in [-0.2, -0.15) is 0 Å². The molecule has 0 heterocycles. The Morgan fingerprint density at radius 1 is 1.19 bits per heavy atom. The van der Waals surface area contributed by atoms with Gasteiger partial charge in [0.05, 0.1) is 0 Å². The number of benzene rings is 1. The fourth-order valence-corrected chi connectivity index (χ4v) is 2.41. The van der Waals surface area contributed by atoms with E-state index in [4.69, 9.17) is 4.74 Å². The van der Waals surface area contributed by atoms with E-state index in [1.54, 1.807) is 20.8 Å². The maximum Gasteiger partial charge on any atom is 0.408 e. The van der Waals surface area contributed by atoms with Gasteiger partial charge in [0.1, 0.15) is 12.1 Å². The van der Waals surface area contributed by atoms with Crippen molar-refractivity contribution in [3.8, 4) is 0 Å². The van der Waals surface area contributed by atoms with Gasteiger partial charge in [-0.3, -0.25) is 4.79 Å². The Hall–Kier alpha value is -2.04. The van der Waals surface area contributed by atoms with Gasteiger partial charge in [0.15, 0.2) is 0 Å². The molecule has 1 aromatic carbocycles. The predicted octanol–water partition coefficient (Wildman–Crippen LogP) is 1.79. The third-order valence-electron chi connectivity index (χ3n) is 3.21. The summed E-state index contributed by atoms with van der Waals surface area (Å²) in [4.78, 5) is 23.3. The van der Waals surface area contributed by atoms with Gasteiger partial charge in [-0.05, 0) is 44.7 Å². The molecule has 1 aliphatic rings. The number of rotatable bonds is 3. The van der Waals surface area contributed by atoms with E-state index in [2.05, 4.69) is 22.8 Å². The third kappa shape index (κ3) is 4.77. The van der Waals surface area contributed by atoms with Crippen molar-refractivity contribution in [2.24, 2.45) is 0 Å². The second-order valence-corrected chi connectivity index (χ2v) is 6.30. The van der Waals surface area contributed by atoms with Crippen LogP contribution in [0.3, 0.4) is 0 Å². The summed E-state index contributed by atoms with van der Waals surface area (Å²) in [5, 5.41) is 5.40. The van der Waals surface area contributed by atoms with E-state index in [1.165, 1.54) is 11.1 Å². The van der Waals surface area contributed by atoms with Crippen molar-refractivity contribution in [3.63, 3.8) is 0 Å². The van der Waals surface area contributed by atoms with E-state index < -0.39 is 11.7 Å². The van der Waals surface area contributed by atoms with Crippen LogP contribution in [-0.4, -0.2) is 30.2 Å². The minimum atomic E-state index is -0.577.